The highest BCUT2D eigenvalue weighted by molar-refractivity contribution is 8.00. The third-order valence-electron chi connectivity index (χ3n) is 4.89. The highest BCUT2D eigenvalue weighted by atomic mass is 32.2. The maximum absolute atomic E-state index is 13.2. The molecule has 0 aliphatic rings. The molecular weight excluding hydrogens is 430 g/mol. The molecule has 1 aromatic heterocycles. The third-order valence-corrected chi connectivity index (χ3v) is 5.96. The molecule has 2 aromatic carbocycles. The number of anilines is 1. The zero-order chi connectivity index (χ0) is 23.3. The van der Waals surface area contributed by atoms with Gasteiger partial charge in [-0.25, -0.2) is 4.98 Å². The van der Waals surface area contributed by atoms with Crippen molar-refractivity contribution < 1.29 is 19.0 Å². The average Bonchev–Trinajstić information content (AvgIpc) is 2.78. The summed E-state index contributed by atoms with van der Waals surface area (Å²) in [6.07, 6.45) is 0. The Morgan fingerprint density at radius 3 is 2.38 bits per heavy atom. The van der Waals surface area contributed by atoms with Crippen LogP contribution in [0.2, 0.25) is 0 Å². The maximum atomic E-state index is 13.2. The van der Waals surface area contributed by atoms with Gasteiger partial charge >= 0.3 is 0 Å². The van der Waals surface area contributed by atoms with Gasteiger partial charge in [0.15, 0.2) is 5.16 Å². The number of benzene rings is 2. The summed E-state index contributed by atoms with van der Waals surface area (Å²) in [5.74, 6) is 0.899. The highest BCUT2D eigenvalue weighted by Gasteiger charge is 2.22. The predicted molar refractivity (Wildman–Crippen MR) is 126 cm³/mol. The normalized spacial score (nSPS) is 12.9. The zero-order valence-electron chi connectivity index (χ0n) is 18.7. The molecule has 3 aromatic rings. The van der Waals surface area contributed by atoms with Crippen LogP contribution < -0.4 is 20.3 Å². The van der Waals surface area contributed by atoms with Gasteiger partial charge in [-0.2, -0.15) is 0 Å². The number of nitrogens with one attached hydrogen (secondary N) is 1. The van der Waals surface area contributed by atoms with Crippen molar-refractivity contribution in [3.63, 3.8) is 0 Å². The second-order valence-electron chi connectivity index (χ2n) is 7.24. The van der Waals surface area contributed by atoms with E-state index < -0.39 is 5.25 Å². The Morgan fingerprint density at radius 2 is 1.75 bits per heavy atom. The summed E-state index contributed by atoms with van der Waals surface area (Å²) in [5, 5.41) is 3.34. The van der Waals surface area contributed by atoms with Crippen molar-refractivity contribution in [1.82, 2.24) is 9.55 Å². The number of carbonyl (C=O) groups excluding carboxylic acids is 1. The molecule has 0 saturated carbocycles. The predicted octanol–water partition coefficient (Wildman–Crippen LogP) is 3.74. The number of hydrogen-bond acceptors (Lipinski definition) is 7. The van der Waals surface area contributed by atoms with E-state index in [4.69, 9.17) is 14.2 Å². The minimum absolute atomic E-state index is 0.159. The van der Waals surface area contributed by atoms with Crippen LogP contribution in [0.3, 0.4) is 0 Å². The molecular formula is C23H27N3O5S. The zero-order valence-corrected chi connectivity index (χ0v) is 19.6. The van der Waals surface area contributed by atoms with Gasteiger partial charge in [0, 0.05) is 31.0 Å². The summed E-state index contributed by atoms with van der Waals surface area (Å²) >= 11 is 1.22. The first-order valence-electron chi connectivity index (χ1n) is 10.1. The van der Waals surface area contributed by atoms with E-state index in [2.05, 4.69) is 10.3 Å². The number of aromatic nitrogens is 2. The lowest BCUT2D eigenvalue weighted by atomic mass is 10.2. The van der Waals surface area contributed by atoms with Crippen molar-refractivity contribution in [3.8, 4) is 11.5 Å². The van der Waals surface area contributed by atoms with E-state index in [9.17, 15) is 9.59 Å². The van der Waals surface area contributed by atoms with Crippen molar-refractivity contribution in [3.05, 3.63) is 52.8 Å². The highest BCUT2D eigenvalue weighted by Crippen LogP contribution is 2.28. The van der Waals surface area contributed by atoms with Gasteiger partial charge in [0.2, 0.25) is 5.91 Å². The molecule has 2 atom stereocenters. The number of rotatable bonds is 9. The molecule has 9 heteroatoms. The summed E-state index contributed by atoms with van der Waals surface area (Å²) < 4.78 is 17.4. The fourth-order valence-electron chi connectivity index (χ4n) is 3.25. The molecule has 0 saturated heterocycles. The monoisotopic (exact) mass is 457 g/mol. The van der Waals surface area contributed by atoms with E-state index in [0.29, 0.717) is 39.9 Å². The summed E-state index contributed by atoms with van der Waals surface area (Å²) in [6, 6.07) is 12.1. The van der Waals surface area contributed by atoms with Gasteiger partial charge in [-0.05, 0) is 26.0 Å². The standard InChI is InChI=1S/C23H27N3O5S/c1-14(13-29-3)26-22(28)19-8-6-7-9-20(19)25-23(26)32-15(2)21(27)24-16-10-17(30-4)12-18(11-16)31-5/h6-12,14-15H,13H2,1-5H3,(H,24,27)/t14-,15+/m1/s1. The van der Waals surface area contributed by atoms with Gasteiger partial charge in [-0.3, -0.25) is 14.2 Å². The summed E-state index contributed by atoms with van der Waals surface area (Å²) in [6.45, 7) is 4.00. The van der Waals surface area contributed by atoms with Crippen molar-refractivity contribution in [1.29, 1.82) is 0 Å². The van der Waals surface area contributed by atoms with Crippen molar-refractivity contribution >= 4 is 34.3 Å². The topological polar surface area (TPSA) is 91.7 Å². The second kappa shape index (κ2) is 10.5. The molecule has 0 aliphatic heterocycles. The van der Waals surface area contributed by atoms with E-state index in [1.54, 1.807) is 63.2 Å². The molecule has 0 aliphatic carbocycles. The van der Waals surface area contributed by atoms with E-state index in [-0.39, 0.29) is 17.5 Å². The average molecular weight is 458 g/mol. The van der Waals surface area contributed by atoms with Gasteiger partial charge in [0.1, 0.15) is 11.5 Å². The molecule has 1 amide bonds. The molecule has 1 N–H and O–H groups in total. The van der Waals surface area contributed by atoms with E-state index in [1.165, 1.54) is 11.8 Å². The number of amides is 1. The van der Waals surface area contributed by atoms with E-state index >= 15 is 0 Å². The summed E-state index contributed by atoms with van der Waals surface area (Å²) in [4.78, 5) is 30.8. The number of fused-ring (bicyclic) bond motifs is 1. The first kappa shape index (κ1) is 23.6. The first-order chi connectivity index (χ1) is 15.4. The molecule has 1 heterocycles. The Bertz CT molecular complexity index is 1140. The first-order valence-corrected chi connectivity index (χ1v) is 11.0. The van der Waals surface area contributed by atoms with Crippen LogP contribution in [0.4, 0.5) is 5.69 Å². The van der Waals surface area contributed by atoms with Gasteiger partial charge in [-0.15, -0.1) is 0 Å². The molecule has 0 unspecified atom stereocenters. The van der Waals surface area contributed by atoms with Crippen LogP contribution in [0, 0.1) is 0 Å². The maximum Gasteiger partial charge on any atom is 0.262 e. The van der Waals surface area contributed by atoms with Crippen LogP contribution >= 0.6 is 11.8 Å². The van der Waals surface area contributed by atoms with Crippen molar-refractivity contribution in [2.45, 2.75) is 30.3 Å². The molecule has 170 valence electrons. The number of methoxy groups -OCH3 is 3. The molecule has 3 rings (SSSR count). The summed E-state index contributed by atoms with van der Waals surface area (Å²) in [7, 11) is 4.68. The van der Waals surface area contributed by atoms with Gasteiger partial charge in [-0.1, -0.05) is 23.9 Å². The Labute approximate surface area is 190 Å². The fraction of sp³-hybridized carbons (Fsp3) is 0.348. The minimum Gasteiger partial charge on any atom is -0.497 e. The van der Waals surface area contributed by atoms with Gasteiger partial charge in [0.05, 0.1) is 43.0 Å². The lowest BCUT2D eigenvalue weighted by molar-refractivity contribution is -0.115. The molecule has 0 fully saturated rings. The van der Waals surface area contributed by atoms with Crippen LogP contribution in [0.1, 0.15) is 19.9 Å². The quantitative estimate of drug-likeness (QED) is 0.387. The largest absolute Gasteiger partial charge is 0.497 e. The van der Waals surface area contributed by atoms with Crippen molar-refractivity contribution in [2.75, 3.05) is 33.3 Å². The lowest BCUT2D eigenvalue weighted by Crippen LogP contribution is -2.30. The van der Waals surface area contributed by atoms with Gasteiger partial charge < -0.3 is 19.5 Å². The van der Waals surface area contributed by atoms with Crippen LogP contribution in [0.5, 0.6) is 11.5 Å². The summed E-state index contributed by atoms with van der Waals surface area (Å²) in [5.41, 5.74) is 0.981. The van der Waals surface area contributed by atoms with Crippen LogP contribution in [0.25, 0.3) is 10.9 Å². The van der Waals surface area contributed by atoms with Gasteiger partial charge in [0.25, 0.3) is 5.56 Å². The van der Waals surface area contributed by atoms with Crippen molar-refractivity contribution in [2.24, 2.45) is 0 Å². The van der Waals surface area contributed by atoms with Crippen LogP contribution in [-0.2, 0) is 9.53 Å². The minimum atomic E-state index is -0.527. The molecule has 0 bridgehead atoms. The van der Waals surface area contributed by atoms with E-state index in [0.717, 1.165) is 0 Å². The second-order valence-corrected chi connectivity index (χ2v) is 8.55. The van der Waals surface area contributed by atoms with Crippen LogP contribution in [0.15, 0.2) is 52.4 Å². The number of nitrogens with zero attached hydrogens (tertiary/aromatic N) is 2. The van der Waals surface area contributed by atoms with E-state index in [1.807, 2.05) is 19.1 Å². The number of thioether (sulfide) groups is 1. The fourth-order valence-corrected chi connectivity index (χ4v) is 4.26. The van der Waals surface area contributed by atoms with Crippen LogP contribution in [-0.4, -0.2) is 48.6 Å². The molecule has 32 heavy (non-hydrogen) atoms. The number of ether oxygens (including phenoxy) is 3. The number of carbonyl (C=O) groups is 1. The Morgan fingerprint density at radius 1 is 1.09 bits per heavy atom. The molecule has 0 radical (unpaired) electrons. The Kier molecular flexibility index (Phi) is 7.76. The Balaban J connectivity index is 1.90. The number of para-hydroxylation sites is 1. The third kappa shape index (κ3) is 5.23. The lowest BCUT2D eigenvalue weighted by Gasteiger charge is -2.20. The Hall–Kier alpha value is -3.04. The smallest absolute Gasteiger partial charge is 0.262 e. The molecule has 0 spiro atoms. The SMILES string of the molecule is COC[C@@H](C)n1c(S[C@@H](C)C(=O)Nc2cc(OC)cc(OC)c2)nc2ccccc2c1=O. The molecule has 8 nitrogen and oxygen atoms in total. The number of hydrogen-bond donors (Lipinski definition) is 1.